The Bertz CT molecular complexity index is 531. The van der Waals surface area contributed by atoms with Crippen LogP contribution < -0.4 is 47.8 Å². The molecule has 0 amide bonds. The van der Waals surface area contributed by atoms with E-state index in [0.29, 0.717) is 0 Å². The Morgan fingerprint density at radius 1 is 1.12 bits per heavy atom. The molecule has 0 saturated heterocycles. The molecule has 0 radical (unpaired) electrons. The first kappa shape index (κ1) is 13.6. The van der Waals surface area contributed by atoms with Crippen molar-refractivity contribution in [3.05, 3.63) is 41.6 Å². The Hall–Kier alpha value is -0.505. The van der Waals surface area contributed by atoms with Gasteiger partial charge in [-0.3, -0.25) is 0 Å². The molecule has 0 atom stereocenters. The van der Waals surface area contributed by atoms with E-state index in [9.17, 15) is 5.11 Å². The van der Waals surface area contributed by atoms with Gasteiger partial charge in [-0.2, -0.15) is 5.69 Å². The standard InChI is InChI=1S/C12H10NO.2Li/c14-11-7-3-6-10-12(11)8-4-1-2-5-9(8)13-10;;/h1-2,4-5,7,14H,3,6H2;;/q-1;2*+1/p-1. The molecule has 1 aromatic carbocycles. The summed E-state index contributed by atoms with van der Waals surface area (Å²) in [6, 6.07) is 7.83. The molecule has 0 bridgehead atoms. The summed E-state index contributed by atoms with van der Waals surface area (Å²) in [6.45, 7) is 0. The molecule has 0 aliphatic heterocycles. The Labute approximate surface area is 118 Å². The van der Waals surface area contributed by atoms with Gasteiger partial charge in [0.2, 0.25) is 0 Å². The summed E-state index contributed by atoms with van der Waals surface area (Å²) < 4.78 is 0. The van der Waals surface area contributed by atoms with Gasteiger partial charge in [-0.25, -0.2) is 0 Å². The third kappa shape index (κ3) is 2.00. The van der Waals surface area contributed by atoms with Gasteiger partial charge in [-0.1, -0.05) is 30.3 Å². The second-order valence-corrected chi connectivity index (χ2v) is 3.56. The van der Waals surface area contributed by atoms with E-state index < -0.39 is 0 Å². The number of benzene rings is 1. The average molecular weight is 197 g/mol. The fourth-order valence-electron chi connectivity index (χ4n) is 2.04. The van der Waals surface area contributed by atoms with Crippen LogP contribution in [0.3, 0.4) is 0 Å². The number of fused-ring (bicyclic) bond motifs is 3. The molecule has 0 N–H and O–H groups in total. The van der Waals surface area contributed by atoms with Crippen LogP contribution in [0, 0.1) is 0 Å². The Morgan fingerprint density at radius 3 is 2.69 bits per heavy atom. The molecule has 16 heavy (non-hydrogen) atoms. The van der Waals surface area contributed by atoms with Gasteiger partial charge in [0.1, 0.15) is 0 Å². The molecule has 0 unspecified atom stereocenters. The van der Waals surface area contributed by atoms with Crippen molar-refractivity contribution < 1.29 is 42.8 Å². The van der Waals surface area contributed by atoms with E-state index in [-0.39, 0.29) is 43.5 Å². The van der Waals surface area contributed by atoms with E-state index in [4.69, 9.17) is 0 Å². The van der Waals surface area contributed by atoms with E-state index in [1.54, 1.807) is 6.08 Å². The number of hydrogen-bond acceptors (Lipinski definition) is 1. The van der Waals surface area contributed by atoms with Crippen molar-refractivity contribution in [3.8, 4) is 0 Å². The number of allylic oxidation sites excluding steroid dienone is 1. The fourth-order valence-corrected chi connectivity index (χ4v) is 2.04. The molecule has 1 aliphatic rings. The molecule has 2 aromatic rings. The van der Waals surface area contributed by atoms with Gasteiger partial charge in [0.15, 0.2) is 0 Å². The van der Waals surface area contributed by atoms with Gasteiger partial charge in [-0.05, 0) is 23.8 Å². The van der Waals surface area contributed by atoms with Crippen LogP contribution in [0.1, 0.15) is 17.7 Å². The number of para-hydroxylation sites is 1. The fraction of sp³-hybridized carbons (Fsp3) is 0.167. The SMILES string of the molecule is [Li+].[Li+].[O-]C1=CCCc2[n-]c3ccccc3c21. The molecule has 1 aliphatic carbocycles. The van der Waals surface area contributed by atoms with Crippen molar-refractivity contribution in [2.75, 3.05) is 0 Å². The quantitative estimate of drug-likeness (QED) is 0.399. The van der Waals surface area contributed by atoms with Crippen molar-refractivity contribution >= 4 is 16.7 Å². The van der Waals surface area contributed by atoms with Gasteiger partial charge in [0, 0.05) is 0 Å². The van der Waals surface area contributed by atoms with Crippen LogP contribution in [-0.4, -0.2) is 0 Å². The van der Waals surface area contributed by atoms with Crippen LogP contribution in [0.2, 0.25) is 0 Å². The van der Waals surface area contributed by atoms with E-state index in [1.807, 2.05) is 24.3 Å². The van der Waals surface area contributed by atoms with E-state index >= 15 is 0 Å². The minimum Gasteiger partial charge on any atom is -0.872 e. The molecule has 4 heteroatoms. The molecule has 70 valence electrons. The second kappa shape index (κ2) is 5.22. The number of hydrogen-bond donors (Lipinski definition) is 0. The third-order valence-electron chi connectivity index (χ3n) is 2.67. The predicted octanol–water partition coefficient (Wildman–Crippen LogP) is -4.55. The summed E-state index contributed by atoms with van der Waals surface area (Å²) in [5.74, 6) is 0.139. The van der Waals surface area contributed by atoms with Crippen molar-refractivity contribution in [1.29, 1.82) is 0 Å². The molecular formula is C12H9Li2NO. The Balaban J connectivity index is 0.000000640. The van der Waals surface area contributed by atoms with Crippen LogP contribution in [0.4, 0.5) is 0 Å². The van der Waals surface area contributed by atoms with Gasteiger partial charge < -0.3 is 10.1 Å². The summed E-state index contributed by atoms with van der Waals surface area (Å²) in [5.41, 5.74) is 2.74. The number of rotatable bonds is 0. The van der Waals surface area contributed by atoms with Crippen molar-refractivity contribution in [3.63, 3.8) is 0 Å². The maximum atomic E-state index is 11.7. The normalized spacial score (nSPS) is 13.4. The van der Waals surface area contributed by atoms with Crippen molar-refractivity contribution in [1.82, 2.24) is 4.98 Å². The molecule has 2 nitrogen and oxygen atoms in total. The molecule has 0 spiro atoms. The minimum atomic E-state index is 0. The minimum absolute atomic E-state index is 0. The van der Waals surface area contributed by atoms with E-state index in [2.05, 4.69) is 4.98 Å². The van der Waals surface area contributed by atoms with Crippen LogP contribution in [0.5, 0.6) is 0 Å². The molecular weight excluding hydrogens is 188 g/mol. The molecule has 3 rings (SSSR count). The van der Waals surface area contributed by atoms with Gasteiger partial charge in [0.05, 0.1) is 0 Å². The van der Waals surface area contributed by atoms with Gasteiger partial charge in [0.25, 0.3) is 0 Å². The zero-order valence-corrected chi connectivity index (χ0v) is 9.66. The van der Waals surface area contributed by atoms with Crippen molar-refractivity contribution in [2.24, 2.45) is 0 Å². The summed E-state index contributed by atoms with van der Waals surface area (Å²) in [4.78, 5) is 4.46. The number of aryl methyl sites for hydroxylation is 1. The molecule has 0 fully saturated rings. The van der Waals surface area contributed by atoms with Gasteiger partial charge >= 0.3 is 37.7 Å². The van der Waals surface area contributed by atoms with E-state index in [0.717, 1.165) is 35.0 Å². The van der Waals surface area contributed by atoms with E-state index in [1.165, 1.54) is 0 Å². The van der Waals surface area contributed by atoms with Gasteiger partial charge in [-0.15, -0.1) is 11.3 Å². The van der Waals surface area contributed by atoms with Crippen molar-refractivity contribution in [2.45, 2.75) is 12.8 Å². The number of aromatic nitrogens is 1. The first-order valence-electron chi connectivity index (χ1n) is 4.78. The van der Waals surface area contributed by atoms with Crippen LogP contribution >= 0.6 is 0 Å². The maximum absolute atomic E-state index is 11.7. The summed E-state index contributed by atoms with van der Waals surface area (Å²) in [6.07, 6.45) is 3.49. The summed E-state index contributed by atoms with van der Waals surface area (Å²) in [7, 11) is 0. The smallest absolute Gasteiger partial charge is 0.872 e. The summed E-state index contributed by atoms with van der Waals surface area (Å²) >= 11 is 0. The number of nitrogens with zero attached hydrogens (tertiary/aromatic N) is 1. The molecule has 0 saturated carbocycles. The largest absolute Gasteiger partial charge is 1.00 e. The predicted molar refractivity (Wildman–Crippen MR) is 53.6 cm³/mol. The zero-order chi connectivity index (χ0) is 9.54. The molecule has 1 heterocycles. The first-order valence-corrected chi connectivity index (χ1v) is 4.78. The van der Waals surface area contributed by atoms with Crippen LogP contribution in [0.25, 0.3) is 16.7 Å². The Kier molecular flexibility index (Phi) is 4.42. The van der Waals surface area contributed by atoms with Crippen LogP contribution in [0.15, 0.2) is 30.3 Å². The van der Waals surface area contributed by atoms with Crippen LogP contribution in [-0.2, 0) is 6.42 Å². The first-order chi connectivity index (χ1) is 6.86. The monoisotopic (exact) mass is 197 g/mol. The zero-order valence-electron chi connectivity index (χ0n) is 9.66. The maximum Gasteiger partial charge on any atom is 1.00 e. The molecule has 1 aromatic heterocycles. The third-order valence-corrected chi connectivity index (χ3v) is 2.67. The topological polar surface area (TPSA) is 37.2 Å². The Morgan fingerprint density at radius 2 is 1.88 bits per heavy atom. The second-order valence-electron chi connectivity index (χ2n) is 3.56. The average Bonchev–Trinajstić information content (AvgIpc) is 2.57. The summed E-state index contributed by atoms with van der Waals surface area (Å²) in [5, 5.41) is 12.7.